The van der Waals surface area contributed by atoms with Crippen molar-refractivity contribution in [2.24, 2.45) is 20.0 Å². The average molecular weight is 721 g/mol. The number of benzene rings is 2. The first-order chi connectivity index (χ1) is 25.6. The van der Waals surface area contributed by atoms with Gasteiger partial charge < -0.3 is 30.2 Å². The molecule has 15 heteroatoms. The predicted molar refractivity (Wildman–Crippen MR) is 203 cm³/mol. The van der Waals surface area contributed by atoms with E-state index in [0.29, 0.717) is 36.2 Å². The minimum Gasteiger partial charge on any atom is -0.478 e. The number of aromatic nitrogens is 5. The van der Waals surface area contributed by atoms with E-state index in [1.54, 1.807) is 13.1 Å². The molecule has 2 aliphatic heterocycles. The second kappa shape index (κ2) is 14.9. The molecular formula is C38H44N10O5. The van der Waals surface area contributed by atoms with E-state index in [2.05, 4.69) is 26.2 Å². The highest BCUT2D eigenvalue weighted by Gasteiger charge is 2.32. The molecule has 0 radical (unpaired) electrons. The number of pyridine rings is 1. The lowest BCUT2D eigenvalue weighted by Crippen LogP contribution is -2.39. The Morgan fingerprint density at radius 2 is 1.94 bits per heavy atom. The second-order valence-electron chi connectivity index (χ2n) is 13.8. The fraction of sp³-hybridized carbons (Fsp3) is 0.395. The van der Waals surface area contributed by atoms with Gasteiger partial charge >= 0.3 is 0 Å². The van der Waals surface area contributed by atoms with Crippen molar-refractivity contribution in [1.82, 2.24) is 34.9 Å². The molecule has 2 aliphatic rings. The van der Waals surface area contributed by atoms with Gasteiger partial charge in [0, 0.05) is 75.4 Å². The topological polar surface area (TPSA) is 177 Å². The largest absolute Gasteiger partial charge is 0.478 e. The maximum Gasteiger partial charge on any atom is 0.293 e. The number of aryl methyl sites for hydroxylation is 3. The first kappa shape index (κ1) is 35.4. The molecule has 5 aromatic rings. The van der Waals surface area contributed by atoms with Crippen LogP contribution in [0.1, 0.15) is 49.3 Å². The van der Waals surface area contributed by atoms with Gasteiger partial charge in [0.05, 0.1) is 28.3 Å². The van der Waals surface area contributed by atoms with Crippen molar-refractivity contribution in [3.63, 3.8) is 0 Å². The molecule has 0 spiro atoms. The van der Waals surface area contributed by atoms with Crippen LogP contribution in [0.15, 0.2) is 53.5 Å². The quantitative estimate of drug-likeness (QED) is 0.147. The normalized spacial score (nSPS) is 17.5. The molecule has 0 saturated carbocycles. The number of imide groups is 1. The molecule has 276 valence electrons. The number of likely N-dealkylation sites (N-methyl/N-ethyl adjacent to an activating group) is 1. The number of hydrogen-bond acceptors (Lipinski definition) is 11. The number of hydrogen-bond donors (Lipinski definition) is 4. The van der Waals surface area contributed by atoms with Crippen LogP contribution in [0.5, 0.6) is 5.75 Å². The molecule has 3 amide bonds. The summed E-state index contributed by atoms with van der Waals surface area (Å²) in [6.45, 7) is 4.19. The molecular weight excluding hydrogens is 676 g/mol. The van der Waals surface area contributed by atoms with E-state index in [-0.39, 0.29) is 35.6 Å². The Morgan fingerprint density at radius 3 is 2.75 bits per heavy atom. The van der Waals surface area contributed by atoms with Crippen LogP contribution in [0.4, 0.5) is 23.1 Å². The average Bonchev–Trinajstić information content (AvgIpc) is 3.49. The molecule has 3 aromatic heterocycles. The summed E-state index contributed by atoms with van der Waals surface area (Å²) in [6.07, 6.45) is 5.70. The van der Waals surface area contributed by atoms with Crippen LogP contribution in [0.25, 0.3) is 21.8 Å². The van der Waals surface area contributed by atoms with Gasteiger partial charge in [-0.3, -0.25) is 29.2 Å². The lowest BCUT2D eigenvalue weighted by Gasteiger charge is -2.33. The lowest BCUT2D eigenvalue weighted by atomic mass is 9.92. The first-order valence-electron chi connectivity index (χ1n) is 18.0. The number of anilines is 4. The van der Waals surface area contributed by atoms with Gasteiger partial charge in [0.2, 0.25) is 17.8 Å². The molecule has 0 bridgehead atoms. The molecule has 2 unspecified atom stereocenters. The van der Waals surface area contributed by atoms with Crippen molar-refractivity contribution in [3.05, 3.63) is 70.3 Å². The van der Waals surface area contributed by atoms with E-state index >= 15 is 0 Å². The Morgan fingerprint density at radius 1 is 1.09 bits per heavy atom. The summed E-state index contributed by atoms with van der Waals surface area (Å²) in [5.41, 5.74) is 4.71. The zero-order valence-corrected chi connectivity index (χ0v) is 30.4. The summed E-state index contributed by atoms with van der Waals surface area (Å²) in [5.74, 6) is 0.616. The molecule has 53 heavy (non-hydrogen) atoms. The number of amides is 3. The summed E-state index contributed by atoms with van der Waals surface area (Å²) in [5, 5.41) is 18.4. The van der Waals surface area contributed by atoms with E-state index in [1.807, 2.05) is 61.2 Å². The van der Waals surface area contributed by atoms with E-state index in [1.165, 1.54) is 11.6 Å². The van der Waals surface area contributed by atoms with Crippen molar-refractivity contribution < 1.29 is 19.1 Å². The highest BCUT2D eigenvalue weighted by molar-refractivity contribution is 6.03. The number of para-hydroxylation sites is 1. The van der Waals surface area contributed by atoms with Crippen LogP contribution in [-0.2, 0) is 28.5 Å². The van der Waals surface area contributed by atoms with Crippen molar-refractivity contribution in [2.45, 2.75) is 44.9 Å². The van der Waals surface area contributed by atoms with Gasteiger partial charge in [0.25, 0.3) is 11.5 Å². The second-order valence-corrected chi connectivity index (χ2v) is 13.8. The van der Waals surface area contributed by atoms with Crippen LogP contribution in [0.3, 0.4) is 0 Å². The monoisotopic (exact) mass is 720 g/mol. The number of carbonyl (C=O) groups is 3. The molecule has 4 N–H and O–H groups in total. The van der Waals surface area contributed by atoms with Gasteiger partial charge in [0.15, 0.2) is 12.4 Å². The van der Waals surface area contributed by atoms with Crippen LogP contribution in [0, 0.1) is 12.8 Å². The lowest BCUT2D eigenvalue weighted by molar-refractivity contribution is -0.134. The number of ether oxygens (including phenoxy) is 1. The van der Waals surface area contributed by atoms with E-state index in [0.717, 1.165) is 77.6 Å². The van der Waals surface area contributed by atoms with E-state index in [9.17, 15) is 19.2 Å². The van der Waals surface area contributed by atoms with Crippen molar-refractivity contribution in [3.8, 4) is 5.75 Å². The SMILES string of the molecule is CNC(=O)COc1cc2cc(Nc3nc(N4CCCC(CCNc5cccc6c(C7CCC(=O)NC7=O)nn(C)c56)C4)ncc3C)ccc2n(C)c1=O. The van der Waals surface area contributed by atoms with Crippen molar-refractivity contribution in [2.75, 3.05) is 48.8 Å². The van der Waals surface area contributed by atoms with Crippen LogP contribution in [-0.4, -0.2) is 75.3 Å². The number of fused-ring (bicyclic) bond motifs is 2. The van der Waals surface area contributed by atoms with E-state index in [4.69, 9.17) is 19.8 Å². The third kappa shape index (κ3) is 7.36. The zero-order valence-electron chi connectivity index (χ0n) is 30.4. The molecule has 0 aliphatic carbocycles. The minimum absolute atomic E-state index is 0.101. The van der Waals surface area contributed by atoms with Gasteiger partial charge in [-0.1, -0.05) is 12.1 Å². The molecule has 2 saturated heterocycles. The standard InChI is InChI=1S/C38H44N10O5/c1-22-19-41-38(44-35(22)42-25-10-12-29-24(17-25)18-30(37(52)46(29)3)53-21-32(50)39-2)48-16-6-7-23(20-48)14-15-40-28-9-5-8-26-33(45-47(4)34(26)28)27-11-13-31(49)43-36(27)51/h5,8-10,12,17-19,23,27,40H,6-7,11,13-16,20-21H2,1-4H3,(H,39,50)(H,41,42,44)(H,43,49,51). The third-order valence-corrected chi connectivity index (χ3v) is 10.2. The smallest absolute Gasteiger partial charge is 0.293 e. The van der Waals surface area contributed by atoms with Crippen molar-refractivity contribution in [1.29, 1.82) is 0 Å². The summed E-state index contributed by atoms with van der Waals surface area (Å²) in [6, 6.07) is 13.4. The third-order valence-electron chi connectivity index (χ3n) is 10.2. The fourth-order valence-electron chi connectivity index (χ4n) is 7.31. The van der Waals surface area contributed by atoms with Crippen LogP contribution < -0.4 is 36.5 Å². The summed E-state index contributed by atoms with van der Waals surface area (Å²) in [7, 11) is 5.08. The summed E-state index contributed by atoms with van der Waals surface area (Å²) < 4.78 is 8.85. The highest BCUT2D eigenvalue weighted by atomic mass is 16.5. The Labute approximate surface area is 306 Å². The molecule has 2 fully saturated rings. The van der Waals surface area contributed by atoms with Gasteiger partial charge in [-0.2, -0.15) is 10.1 Å². The summed E-state index contributed by atoms with van der Waals surface area (Å²) >= 11 is 0. The number of piperidine rings is 2. The molecule has 2 atom stereocenters. The fourth-order valence-corrected chi connectivity index (χ4v) is 7.31. The Hall–Kier alpha value is -5.99. The molecule has 2 aromatic carbocycles. The van der Waals surface area contributed by atoms with Crippen LogP contribution in [0.2, 0.25) is 0 Å². The predicted octanol–water partition coefficient (Wildman–Crippen LogP) is 3.63. The van der Waals surface area contributed by atoms with Gasteiger partial charge in [-0.25, -0.2) is 4.98 Å². The number of nitrogens with one attached hydrogen (secondary N) is 4. The Kier molecular flexibility index (Phi) is 9.98. The number of nitrogens with zero attached hydrogens (tertiary/aromatic N) is 6. The molecule has 7 rings (SSSR count). The maximum atomic E-state index is 12.8. The number of carbonyl (C=O) groups excluding carboxylic acids is 3. The molecule has 5 heterocycles. The summed E-state index contributed by atoms with van der Waals surface area (Å²) in [4.78, 5) is 60.7. The zero-order chi connectivity index (χ0) is 37.2. The highest BCUT2D eigenvalue weighted by Crippen LogP contribution is 2.34. The Bertz CT molecular complexity index is 2280. The Balaban J connectivity index is 1.01. The maximum absolute atomic E-state index is 12.8. The van der Waals surface area contributed by atoms with Crippen LogP contribution >= 0.6 is 0 Å². The van der Waals surface area contributed by atoms with Gasteiger partial charge in [0.1, 0.15) is 5.82 Å². The number of rotatable bonds is 11. The van der Waals surface area contributed by atoms with Gasteiger partial charge in [-0.05, 0) is 68.9 Å². The minimum atomic E-state index is -0.445. The van der Waals surface area contributed by atoms with Crippen molar-refractivity contribution >= 4 is 62.7 Å². The van der Waals surface area contributed by atoms with E-state index < -0.39 is 5.92 Å². The first-order valence-corrected chi connectivity index (χ1v) is 18.0. The van der Waals surface area contributed by atoms with Gasteiger partial charge in [-0.15, -0.1) is 0 Å². The molecule has 15 nitrogen and oxygen atoms in total.